The van der Waals surface area contributed by atoms with Gasteiger partial charge in [0, 0.05) is 6.61 Å². The molecule has 1 rings (SSSR count). The summed E-state index contributed by atoms with van der Waals surface area (Å²) in [6, 6.07) is 1.87. The molecule has 13 heavy (non-hydrogen) atoms. The van der Waals surface area contributed by atoms with E-state index < -0.39 is 0 Å². The van der Waals surface area contributed by atoms with Crippen LogP contribution in [0, 0.1) is 11.3 Å². The highest BCUT2D eigenvalue weighted by atomic mass is 35.5. The molecule has 0 spiro atoms. The van der Waals surface area contributed by atoms with E-state index >= 15 is 0 Å². The van der Waals surface area contributed by atoms with Crippen LogP contribution in [0.5, 0.6) is 0 Å². The highest BCUT2D eigenvalue weighted by Gasteiger charge is 2.12. The van der Waals surface area contributed by atoms with E-state index in [1.807, 2.05) is 13.0 Å². The first kappa shape index (κ1) is 10.3. The summed E-state index contributed by atoms with van der Waals surface area (Å²) in [5.74, 6) is 0.156. The Morgan fingerprint density at radius 2 is 2.31 bits per heavy atom. The second kappa shape index (κ2) is 4.47. The number of hydrogen-bond acceptors (Lipinski definition) is 3. The van der Waals surface area contributed by atoms with Gasteiger partial charge in [-0.1, -0.05) is 23.2 Å². The predicted molar refractivity (Wildman–Crippen MR) is 48.6 cm³/mol. The molecule has 0 atom stereocenters. The van der Waals surface area contributed by atoms with Crippen LogP contribution < -0.4 is 0 Å². The van der Waals surface area contributed by atoms with Gasteiger partial charge in [-0.25, -0.2) is 4.98 Å². The number of ether oxygens (including phenoxy) is 1. The molecule has 0 bridgehead atoms. The van der Waals surface area contributed by atoms with Gasteiger partial charge >= 0.3 is 0 Å². The Morgan fingerprint density at radius 1 is 1.62 bits per heavy atom. The van der Waals surface area contributed by atoms with Gasteiger partial charge in [0.25, 0.3) is 0 Å². The van der Waals surface area contributed by atoms with Gasteiger partial charge in [0.2, 0.25) is 5.82 Å². The SMILES string of the molecule is CCOCn1c(C#N)nc(Cl)c1Cl. The largest absolute Gasteiger partial charge is 0.361 e. The van der Waals surface area contributed by atoms with Crippen LogP contribution in [0.4, 0.5) is 0 Å². The van der Waals surface area contributed by atoms with Crippen molar-refractivity contribution in [1.29, 1.82) is 5.26 Å². The van der Waals surface area contributed by atoms with Gasteiger partial charge in [-0.15, -0.1) is 0 Å². The number of rotatable bonds is 3. The average Bonchev–Trinajstić information content (AvgIpc) is 2.40. The third kappa shape index (κ3) is 2.13. The highest BCUT2D eigenvalue weighted by Crippen LogP contribution is 2.22. The fourth-order valence-electron chi connectivity index (χ4n) is 0.790. The molecule has 0 unspecified atom stereocenters. The van der Waals surface area contributed by atoms with Crippen molar-refractivity contribution < 1.29 is 4.74 Å². The predicted octanol–water partition coefficient (Wildman–Crippen LogP) is 2.06. The maximum absolute atomic E-state index is 8.65. The van der Waals surface area contributed by atoms with Crippen molar-refractivity contribution in [1.82, 2.24) is 9.55 Å². The van der Waals surface area contributed by atoms with Gasteiger partial charge in [-0.05, 0) is 6.92 Å². The quantitative estimate of drug-likeness (QED) is 0.783. The van der Waals surface area contributed by atoms with E-state index in [1.54, 1.807) is 0 Å². The molecule has 0 fully saturated rings. The zero-order valence-corrected chi connectivity index (χ0v) is 8.43. The van der Waals surface area contributed by atoms with Crippen LogP contribution in [-0.2, 0) is 11.5 Å². The van der Waals surface area contributed by atoms with Crippen molar-refractivity contribution in [2.24, 2.45) is 0 Å². The Bertz CT molecular complexity index is 342. The normalized spacial score (nSPS) is 10.0. The van der Waals surface area contributed by atoms with Crippen LogP contribution in [0.25, 0.3) is 0 Å². The molecule has 0 saturated carbocycles. The van der Waals surface area contributed by atoms with Crippen LogP contribution in [-0.4, -0.2) is 16.2 Å². The molecule has 0 aliphatic heterocycles. The minimum atomic E-state index is 0.123. The van der Waals surface area contributed by atoms with Crippen molar-refractivity contribution in [3.63, 3.8) is 0 Å². The standard InChI is InChI=1S/C7H7Cl2N3O/c1-2-13-4-12-5(3-10)11-6(8)7(12)9/h2,4H2,1H3. The zero-order valence-electron chi connectivity index (χ0n) is 6.92. The van der Waals surface area contributed by atoms with E-state index in [1.165, 1.54) is 4.57 Å². The lowest BCUT2D eigenvalue weighted by molar-refractivity contribution is 0.0874. The molecule has 0 N–H and O–H groups in total. The van der Waals surface area contributed by atoms with E-state index in [-0.39, 0.29) is 22.9 Å². The van der Waals surface area contributed by atoms with Crippen molar-refractivity contribution in [2.75, 3.05) is 6.61 Å². The summed E-state index contributed by atoms with van der Waals surface area (Å²) in [5.41, 5.74) is 0. The molecule has 6 heteroatoms. The van der Waals surface area contributed by atoms with Crippen LogP contribution >= 0.6 is 23.2 Å². The Hall–Kier alpha value is -0.760. The van der Waals surface area contributed by atoms with Crippen LogP contribution in [0.2, 0.25) is 10.3 Å². The number of aromatic nitrogens is 2. The third-order valence-electron chi connectivity index (χ3n) is 1.39. The van der Waals surface area contributed by atoms with E-state index in [0.717, 1.165) is 0 Å². The minimum Gasteiger partial charge on any atom is -0.361 e. The van der Waals surface area contributed by atoms with Gasteiger partial charge in [0.05, 0.1) is 0 Å². The smallest absolute Gasteiger partial charge is 0.217 e. The molecular formula is C7H7Cl2N3O. The average molecular weight is 220 g/mol. The van der Waals surface area contributed by atoms with Crippen molar-refractivity contribution in [3.05, 3.63) is 16.1 Å². The first-order valence-electron chi connectivity index (χ1n) is 3.60. The van der Waals surface area contributed by atoms with Gasteiger partial charge in [0.1, 0.15) is 12.8 Å². The first-order valence-corrected chi connectivity index (χ1v) is 4.35. The lowest BCUT2D eigenvalue weighted by atomic mass is 10.7. The number of halogens is 2. The second-order valence-corrected chi connectivity index (χ2v) is 2.89. The van der Waals surface area contributed by atoms with Gasteiger partial charge in [0.15, 0.2) is 10.3 Å². The maximum Gasteiger partial charge on any atom is 0.217 e. The Kier molecular flexibility index (Phi) is 3.55. The summed E-state index contributed by atoms with van der Waals surface area (Å²) in [5, 5.41) is 9.00. The number of hydrogen-bond donors (Lipinski definition) is 0. The summed E-state index contributed by atoms with van der Waals surface area (Å²) in [7, 11) is 0. The molecule has 70 valence electrons. The van der Waals surface area contributed by atoms with Crippen LogP contribution in [0.1, 0.15) is 12.7 Å². The topological polar surface area (TPSA) is 50.8 Å². The molecule has 0 aromatic carbocycles. The maximum atomic E-state index is 8.65. The minimum absolute atomic E-state index is 0.123. The molecule has 4 nitrogen and oxygen atoms in total. The summed E-state index contributed by atoms with van der Waals surface area (Å²) >= 11 is 11.4. The molecule has 1 aromatic rings. The van der Waals surface area contributed by atoms with Crippen molar-refractivity contribution >= 4 is 23.2 Å². The van der Waals surface area contributed by atoms with E-state index in [9.17, 15) is 0 Å². The van der Waals surface area contributed by atoms with Gasteiger partial charge in [-0.3, -0.25) is 4.57 Å². The van der Waals surface area contributed by atoms with E-state index in [2.05, 4.69) is 4.98 Å². The molecule has 1 heterocycles. The van der Waals surface area contributed by atoms with Crippen molar-refractivity contribution in [2.45, 2.75) is 13.7 Å². The Morgan fingerprint density at radius 3 is 2.85 bits per heavy atom. The molecule has 0 aliphatic carbocycles. The Labute approximate surface area is 85.6 Å². The van der Waals surface area contributed by atoms with E-state index in [4.69, 9.17) is 33.2 Å². The van der Waals surface area contributed by atoms with Crippen LogP contribution in [0.3, 0.4) is 0 Å². The summed E-state index contributed by atoms with van der Waals surface area (Å²) < 4.78 is 6.50. The zero-order chi connectivity index (χ0) is 9.84. The lowest BCUT2D eigenvalue weighted by Gasteiger charge is -2.03. The highest BCUT2D eigenvalue weighted by molar-refractivity contribution is 6.40. The fourth-order valence-corrected chi connectivity index (χ4v) is 1.14. The monoisotopic (exact) mass is 219 g/mol. The summed E-state index contributed by atoms with van der Waals surface area (Å²) in [4.78, 5) is 3.74. The third-order valence-corrected chi connectivity index (χ3v) is 2.13. The summed E-state index contributed by atoms with van der Waals surface area (Å²) in [6.45, 7) is 2.58. The van der Waals surface area contributed by atoms with E-state index in [0.29, 0.717) is 6.61 Å². The number of nitrogens with zero attached hydrogens (tertiary/aromatic N) is 3. The molecule has 0 aliphatic rings. The second-order valence-electron chi connectivity index (χ2n) is 2.18. The molecule has 0 radical (unpaired) electrons. The molecule has 0 saturated heterocycles. The molecular weight excluding hydrogens is 213 g/mol. The van der Waals surface area contributed by atoms with Gasteiger partial charge < -0.3 is 4.74 Å². The molecule has 1 aromatic heterocycles. The number of nitriles is 1. The van der Waals surface area contributed by atoms with Crippen molar-refractivity contribution in [3.8, 4) is 6.07 Å². The first-order chi connectivity index (χ1) is 6.20. The number of imidazole rings is 1. The lowest BCUT2D eigenvalue weighted by Crippen LogP contribution is -2.04. The van der Waals surface area contributed by atoms with Crippen LogP contribution in [0.15, 0.2) is 0 Å². The summed E-state index contributed by atoms with van der Waals surface area (Å²) in [6.07, 6.45) is 0. The fraction of sp³-hybridized carbons (Fsp3) is 0.429. The molecule has 0 amide bonds. The Balaban J connectivity index is 2.96. The van der Waals surface area contributed by atoms with Gasteiger partial charge in [-0.2, -0.15) is 5.26 Å².